The quantitative estimate of drug-likeness (QED) is 0.708. The first-order valence-corrected chi connectivity index (χ1v) is 9.59. The molecule has 4 rings (SSSR count). The number of anilines is 1. The van der Waals surface area contributed by atoms with Crippen LogP contribution in [0.2, 0.25) is 0 Å². The Balaban J connectivity index is 1.75. The molecule has 1 heterocycles. The maximum absolute atomic E-state index is 12.8. The van der Waals surface area contributed by atoms with E-state index in [1.54, 1.807) is 30.2 Å². The number of nitrogens with zero attached hydrogens (tertiary/aromatic N) is 1. The number of carbonyl (C=O) groups is 2. The molecule has 0 atom stereocenters. The SMILES string of the molecule is COc1cccc(CN2C(=O)COCc3ccc(-c4cccc(C(N)=O)c4)cc32)c1. The molecule has 3 aromatic rings. The van der Waals surface area contributed by atoms with Crippen molar-refractivity contribution in [2.75, 3.05) is 18.6 Å². The molecule has 30 heavy (non-hydrogen) atoms. The molecule has 0 aromatic heterocycles. The number of benzene rings is 3. The van der Waals surface area contributed by atoms with Crippen molar-refractivity contribution in [1.82, 2.24) is 0 Å². The van der Waals surface area contributed by atoms with Gasteiger partial charge in [0.15, 0.2) is 0 Å². The van der Waals surface area contributed by atoms with Crippen LogP contribution in [-0.2, 0) is 22.7 Å². The molecule has 6 heteroatoms. The number of fused-ring (bicyclic) bond motifs is 1. The zero-order valence-corrected chi connectivity index (χ0v) is 16.6. The smallest absolute Gasteiger partial charge is 0.253 e. The molecular formula is C24H22N2O4. The monoisotopic (exact) mass is 402 g/mol. The van der Waals surface area contributed by atoms with E-state index in [1.807, 2.05) is 48.5 Å². The Kier molecular flexibility index (Phi) is 5.50. The van der Waals surface area contributed by atoms with Crippen LogP contribution in [0.15, 0.2) is 66.7 Å². The van der Waals surface area contributed by atoms with Crippen LogP contribution in [0.5, 0.6) is 5.75 Å². The second-order valence-corrected chi connectivity index (χ2v) is 7.11. The van der Waals surface area contributed by atoms with Crippen molar-refractivity contribution in [2.24, 2.45) is 5.73 Å². The Morgan fingerprint density at radius 1 is 1.03 bits per heavy atom. The molecule has 0 saturated heterocycles. The summed E-state index contributed by atoms with van der Waals surface area (Å²) in [4.78, 5) is 26.1. The van der Waals surface area contributed by atoms with Gasteiger partial charge in [-0.05, 0) is 47.0 Å². The summed E-state index contributed by atoms with van der Waals surface area (Å²) in [5.74, 6) is 0.151. The van der Waals surface area contributed by atoms with Crippen LogP contribution in [0.1, 0.15) is 21.5 Å². The first kappa shape index (κ1) is 19.7. The number of methoxy groups -OCH3 is 1. The molecule has 0 radical (unpaired) electrons. The van der Waals surface area contributed by atoms with Gasteiger partial charge in [0, 0.05) is 11.1 Å². The fourth-order valence-electron chi connectivity index (χ4n) is 3.56. The Labute approximate surface area is 174 Å². The highest BCUT2D eigenvalue weighted by Gasteiger charge is 2.23. The molecule has 0 unspecified atom stereocenters. The standard InChI is InChI=1S/C24H22N2O4/c1-29-21-7-2-4-16(10-21)13-26-22-12-18(8-9-20(22)14-30-15-23(26)27)17-5-3-6-19(11-17)24(25)28/h2-12H,13-15H2,1H3,(H2,25,28). The molecule has 1 aliphatic rings. The fourth-order valence-corrected chi connectivity index (χ4v) is 3.56. The summed E-state index contributed by atoms with van der Waals surface area (Å²) in [7, 11) is 1.62. The third kappa shape index (κ3) is 4.04. The van der Waals surface area contributed by atoms with Crippen LogP contribution in [0.4, 0.5) is 5.69 Å². The van der Waals surface area contributed by atoms with E-state index in [1.165, 1.54) is 0 Å². The minimum atomic E-state index is -0.477. The average molecular weight is 402 g/mol. The highest BCUT2D eigenvalue weighted by molar-refractivity contribution is 5.97. The lowest BCUT2D eigenvalue weighted by atomic mass is 9.99. The Morgan fingerprint density at radius 3 is 2.63 bits per heavy atom. The lowest BCUT2D eigenvalue weighted by Crippen LogP contribution is -2.32. The summed E-state index contributed by atoms with van der Waals surface area (Å²) in [6, 6.07) is 20.7. The second kappa shape index (κ2) is 8.39. The molecule has 2 amide bonds. The number of carbonyl (C=O) groups excluding carboxylic acids is 2. The van der Waals surface area contributed by atoms with Crippen LogP contribution >= 0.6 is 0 Å². The first-order chi connectivity index (χ1) is 14.5. The average Bonchev–Trinajstić information content (AvgIpc) is 2.92. The maximum atomic E-state index is 12.8. The van der Waals surface area contributed by atoms with E-state index in [-0.39, 0.29) is 12.5 Å². The molecule has 0 aliphatic carbocycles. The van der Waals surface area contributed by atoms with Crippen LogP contribution in [-0.4, -0.2) is 25.5 Å². The first-order valence-electron chi connectivity index (χ1n) is 9.59. The highest BCUT2D eigenvalue weighted by atomic mass is 16.5. The number of rotatable bonds is 5. The fraction of sp³-hybridized carbons (Fsp3) is 0.167. The van der Waals surface area contributed by atoms with E-state index >= 15 is 0 Å². The molecule has 152 valence electrons. The molecular weight excluding hydrogens is 380 g/mol. The summed E-state index contributed by atoms with van der Waals surface area (Å²) in [6.07, 6.45) is 0. The molecule has 2 N–H and O–H groups in total. The van der Waals surface area contributed by atoms with Gasteiger partial charge in [-0.15, -0.1) is 0 Å². The zero-order valence-electron chi connectivity index (χ0n) is 16.6. The van der Waals surface area contributed by atoms with Crippen LogP contribution in [0, 0.1) is 0 Å². The number of hydrogen-bond acceptors (Lipinski definition) is 4. The van der Waals surface area contributed by atoms with Gasteiger partial charge in [-0.2, -0.15) is 0 Å². The molecule has 0 bridgehead atoms. The number of ether oxygens (including phenoxy) is 2. The van der Waals surface area contributed by atoms with Gasteiger partial charge in [0.2, 0.25) is 5.91 Å². The molecule has 0 saturated carbocycles. The zero-order chi connectivity index (χ0) is 21.1. The Bertz CT molecular complexity index is 1110. The maximum Gasteiger partial charge on any atom is 0.253 e. The topological polar surface area (TPSA) is 81.9 Å². The van der Waals surface area contributed by atoms with Gasteiger partial charge in [-0.3, -0.25) is 9.59 Å². The van der Waals surface area contributed by atoms with Crippen molar-refractivity contribution in [1.29, 1.82) is 0 Å². The number of hydrogen-bond donors (Lipinski definition) is 1. The minimum Gasteiger partial charge on any atom is -0.497 e. The molecule has 1 aliphatic heterocycles. The third-order valence-electron chi connectivity index (χ3n) is 5.12. The summed E-state index contributed by atoms with van der Waals surface area (Å²) in [6.45, 7) is 0.777. The van der Waals surface area contributed by atoms with E-state index in [0.29, 0.717) is 18.7 Å². The van der Waals surface area contributed by atoms with Crippen LogP contribution < -0.4 is 15.4 Å². The number of nitrogens with two attached hydrogens (primary N) is 1. The van der Waals surface area contributed by atoms with Crippen molar-refractivity contribution in [3.8, 4) is 16.9 Å². The summed E-state index contributed by atoms with van der Waals surface area (Å²) < 4.78 is 10.9. The summed E-state index contributed by atoms with van der Waals surface area (Å²) >= 11 is 0. The van der Waals surface area contributed by atoms with Gasteiger partial charge >= 0.3 is 0 Å². The normalized spacial score (nSPS) is 13.5. The van der Waals surface area contributed by atoms with Gasteiger partial charge in [0.1, 0.15) is 12.4 Å². The molecule has 3 aromatic carbocycles. The Morgan fingerprint density at radius 2 is 1.83 bits per heavy atom. The summed E-state index contributed by atoms with van der Waals surface area (Å²) in [5, 5.41) is 0. The van der Waals surface area contributed by atoms with Gasteiger partial charge in [0.05, 0.1) is 25.9 Å². The predicted octanol–water partition coefficient (Wildman–Crippen LogP) is 3.52. The van der Waals surface area contributed by atoms with Crippen molar-refractivity contribution in [2.45, 2.75) is 13.2 Å². The lowest BCUT2D eigenvalue weighted by molar-refractivity contribution is -0.123. The molecule has 0 spiro atoms. The molecule has 6 nitrogen and oxygen atoms in total. The van der Waals surface area contributed by atoms with Gasteiger partial charge in [-0.1, -0.05) is 36.4 Å². The van der Waals surface area contributed by atoms with Crippen molar-refractivity contribution >= 4 is 17.5 Å². The van der Waals surface area contributed by atoms with E-state index in [0.717, 1.165) is 33.7 Å². The third-order valence-corrected chi connectivity index (χ3v) is 5.12. The summed E-state index contributed by atoms with van der Waals surface area (Å²) in [5.41, 5.74) is 10.3. The second-order valence-electron chi connectivity index (χ2n) is 7.11. The van der Waals surface area contributed by atoms with Crippen molar-refractivity contribution in [3.05, 3.63) is 83.4 Å². The van der Waals surface area contributed by atoms with E-state index in [9.17, 15) is 9.59 Å². The van der Waals surface area contributed by atoms with E-state index in [4.69, 9.17) is 15.2 Å². The van der Waals surface area contributed by atoms with Gasteiger partial charge in [-0.25, -0.2) is 0 Å². The van der Waals surface area contributed by atoms with E-state index in [2.05, 4.69) is 0 Å². The number of amides is 2. The lowest BCUT2D eigenvalue weighted by Gasteiger charge is -2.23. The number of primary amides is 1. The predicted molar refractivity (Wildman–Crippen MR) is 114 cm³/mol. The Hall–Kier alpha value is -3.64. The largest absolute Gasteiger partial charge is 0.497 e. The van der Waals surface area contributed by atoms with Crippen molar-refractivity contribution in [3.63, 3.8) is 0 Å². The van der Waals surface area contributed by atoms with Crippen LogP contribution in [0.25, 0.3) is 11.1 Å². The van der Waals surface area contributed by atoms with Crippen molar-refractivity contribution < 1.29 is 19.1 Å². The van der Waals surface area contributed by atoms with Gasteiger partial charge < -0.3 is 20.1 Å². The molecule has 0 fully saturated rings. The highest BCUT2D eigenvalue weighted by Crippen LogP contribution is 2.32. The minimum absolute atomic E-state index is 0.0190. The van der Waals surface area contributed by atoms with Gasteiger partial charge in [0.25, 0.3) is 5.91 Å². The van der Waals surface area contributed by atoms with E-state index < -0.39 is 5.91 Å². The van der Waals surface area contributed by atoms with Crippen LogP contribution in [0.3, 0.4) is 0 Å².